The van der Waals surface area contributed by atoms with Crippen LogP contribution in [0.1, 0.15) is 17.0 Å². The zero-order chi connectivity index (χ0) is 15.3. The summed E-state index contributed by atoms with van der Waals surface area (Å²) in [5, 5.41) is 8.10. The lowest BCUT2D eigenvalue weighted by molar-refractivity contribution is -0.120. The van der Waals surface area contributed by atoms with Gasteiger partial charge >= 0.3 is 0 Å². The Morgan fingerprint density at radius 1 is 1.36 bits per heavy atom. The number of carbonyl (C=O) groups excluding carboxylic acids is 1. The molecule has 2 atom stereocenters. The zero-order valence-electron chi connectivity index (χ0n) is 12.8. The number of nitrogens with zero attached hydrogens (tertiary/aromatic N) is 3. The monoisotopic (exact) mass is 317 g/mol. The van der Waals surface area contributed by atoms with Crippen LogP contribution in [-0.2, 0) is 11.3 Å². The Hall–Kier alpha value is -1.66. The standard InChI is InChI=1S/C16H19N3O2S/c1-10-14(11(2)21-17-10)7-18-5-12-6-19(13-3-4-22-9-13)16(20)15(12)8-18/h3-4,9,12,15H,5-8H2,1-2H3/t12-,15-/m0/s1. The first-order valence-electron chi connectivity index (χ1n) is 7.61. The highest BCUT2D eigenvalue weighted by Gasteiger charge is 2.46. The summed E-state index contributed by atoms with van der Waals surface area (Å²) in [4.78, 5) is 17.0. The van der Waals surface area contributed by atoms with Gasteiger partial charge in [-0.2, -0.15) is 11.3 Å². The van der Waals surface area contributed by atoms with Gasteiger partial charge in [0.2, 0.25) is 5.91 Å². The molecular weight excluding hydrogens is 298 g/mol. The smallest absolute Gasteiger partial charge is 0.231 e. The lowest BCUT2D eigenvalue weighted by Crippen LogP contribution is -2.32. The summed E-state index contributed by atoms with van der Waals surface area (Å²) in [5.74, 6) is 1.75. The Balaban J connectivity index is 1.46. The van der Waals surface area contributed by atoms with Crippen LogP contribution in [0.5, 0.6) is 0 Å². The summed E-state index contributed by atoms with van der Waals surface area (Å²) in [5.41, 5.74) is 3.18. The molecule has 2 fully saturated rings. The number of hydrogen-bond acceptors (Lipinski definition) is 5. The average molecular weight is 317 g/mol. The SMILES string of the molecule is Cc1noc(C)c1CN1C[C@H]2CN(c3ccsc3)C(=O)[C@H]2C1. The van der Waals surface area contributed by atoms with Crippen molar-refractivity contribution in [1.82, 2.24) is 10.1 Å². The van der Waals surface area contributed by atoms with E-state index in [0.717, 1.165) is 43.3 Å². The molecule has 5 nitrogen and oxygen atoms in total. The van der Waals surface area contributed by atoms with E-state index in [1.807, 2.05) is 30.2 Å². The van der Waals surface area contributed by atoms with Crippen LogP contribution in [-0.4, -0.2) is 35.6 Å². The van der Waals surface area contributed by atoms with E-state index in [2.05, 4.69) is 15.4 Å². The third kappa shape index (κ3) is 2.18. The van der Waals surface area contributed by atoms with Gasteiger partial charge in [0.05, 0.1) is 17.3 Å². The fourth-order valence-electron chi connectivity index (χ4n) is 3.67. The number of aryl methyl sites for hydroxylation is 2. The van der Waals surface area contributed by atoms with E-state index in [1.54, 1.807) is 11.3 Å². The van der Waals surface area contributed by atoms with Gasteiger partial charge in [-0.15, -0.1) is 0 Å². The molecule has 2 saturated heterocycles. The Morgan fingerprint density at radius 2 is 2.23 bits per heavy atom. The van der Waals surface area contributed by atoms with Gasteiger partial charge in [0.1, 0.15) is 5.76 Å². The maximum Gasteiger partial charge on any atom is 0.231 e. The highest BCUT2D eigenvalue weighted by atomic mass is 32.1. The van der Waals surface area contributed by atoms with Crippen molar-refractivity contribution in [2.75, 3.05) is 24.5 Å². The number of fused-ring (bicyclic) bond motifs is 1. The molecule has 0 N–H and O–H groups in total. The average Bonchev–Trinajstić information content (AvgIpc) is 3.23. The molecule has 116 valence electrons. The Kier molecular flexibility index (Phi) is 3.31. The molecule has 0 radical (unpaired) electrons. The Bertz CT molecular complexity index is 675. The highest BCUT2D eigenvalue weighted by molar-refractivity contribution is 7.08. The molecule has 0 unspecified atom stereocenters. The van der Waals surface area contributed by atoms with Gasteiger partial charge in [-0.25, -0.2) is 0 Å². The molecule has 0 aliphatic carbocycles. The molecule has 2 aromatic rings. The summed E-state index contributed by atoms with van der Waals surface area (Å²) >= 11 is 1.64. The fourth-order valence-corrected chi connectivity index (χ4v) is 4.32. The zero-order valence-corrected chi connectivity index (χ0v) is 13.6. The summed E-state index contributed by atoms with van der Waals surface area (Å²) in [6.45, 7) is 7.43. The van der Waals surface area contributed by atoms with Crippen molar-refractivity contribution >= 4 is 22.9 Å². The number of aromatic nitrogens is 1. The summed E-state index contributed by atoms with van der Waals surface area (Å²) < 4.78 is 5.24. The maximum atomic E-state index is 12.6. The second-order valence-corrected chi connectivity index (χ2v) is 7.07. The van der Waals surface area contributed by atoms with Gasteiger partial charge in [-0.1, -0.05) is 5.16 Å². The molecule has 0 saturated carbocycles. The molecule has 2 aliphatic heterocycles. The number of amides is 1. The van der Waals surface area contributed by atoms with Crippen molar-refractivity contribution in [2.45, 2.75) is 20.4 Å². The lowest BCUT2D eigenvalue weighted by atomic mass is 10.0. The molecule has 0 aromatic carbocycles. The summed E-state index contributed by atoms with van der Waals surface area (Å²) in [7, 11) is 0. The van der Waals surface area contributed by atoms with Crippen LogP contribution in [0.25, 0.3) is 0 Å². The first kappa shape index (κ1) is 14.0. The number of anilines is 1. The van der Waals surface area contributed by atoms with E-state index in [-0.39, 0.29) is 11.8 Å². The van der Waals surface area contributed by atoms with Crippen molar-refractivity contribution in [3.63, 3.8) is 0 Å². The quantitative estimate of drug-likeness (QED) is 0.872. The molecule has 4 heterocycles. The van der Waals surface area contributed by atoms with Crippen molar-refractivity contribution < 1.29 is 9.32 Å². The topological polar surface area (TPSA) is 49.6 Å². The van der Waals surface area contributed by atoms with E-state index in [0.29, 0.717) is 5.92 Å². The van der Waals surface area contributed by atoms with Crippen LogP contribution in [0.15, 0.2) is 21.3 Å². The van der Waals surface area contributed by atoms with E-state index in [9.17, 15) is 4.79 Å². The predicted octanol–water partition coefficient (Wildman–Crippen LogP) is 2.45. The number of rotatable bonds is 3. The van der Waals surface area contributed by atoms with Gasteiger partial charge in [0, 0.05) is 43.0 Å². The molecular formula is C16H19N3O2S. The Morgan fingerprint density at radius 3 is 2.86 bits per heavy atom. The highest BCUT2D eigenvalue weighted by Crippen LogP contribution is 2.36. The Labute approximate surface area is 133 Å². The largest absolute Gasteiger partial charge is 0.361 e. The van der Waals surface area contributed by atoms with Crippen LogP contribution < -0.4 is 4.90 Å². The molecule has 4 rings (SSSR count). The molecule has 0 bridgehead atoms. The lowest BCUT2D eigenvalue weighted by Gasteiger charge is -2.20. The number of hydrogen-bond donors (Lipinski definition) is 0. The van der Waals surface area contributed by atoms with Crippen molar-refractivity contribution in [2.24, 2.45) is 11.8 Å². The molecule has 22 heavy (non-hydrogen) atoms. The molecule has 2 aliphatic rings. The van der Waals surface area contributed by atoms with E-state index >= 15 is 0 Å². The predicted molar refractivity (Wildman–Crippen MR) is 84.9 cm³/mol. The van der Waals surface area contributed by atoms with Crippen LogP contribution in [0.3, 0.4) is 0 Å². The van der Waals surface area contributed by atoms with E-state index in [4.69, 9.17) is 4.52 Å². The molecule has 6 heteroatoms. The number of likely N-dealkylation sites (tertiary alicyclic amines) is 1. The van der Waals surface area contributed by atoms with Crippen molar-refractivity contribution in [1.29, 1.82) is 0 Å². The number of thiophene rings is 1. The van der Waals surface area contributed by atoms with Gasteiger partial charge in [0.15, 0.2) is 0 Å². The molecule has 0 spiro atoms. The van der Waals surface area contributed by atoms with Gasteiger partial charge < -0.3 is 9.42 Å². The third-order valence-corrected chi connectivity index (χ3v) is 5.57. The van der Waals surface area contributed by atoms with Crippen LogP contribution >= 0.6 is 11.3 Å². The first-order valence-corrected chi connectivity index (χ1v) is 8.55. The second-order valence-electron chi connectivity index (χ2n) is 6.29. The maximum absolute atomic E-state index is 12.6. The van der Waals surface area contributed by atoms with Crippen molar-refractivity contribution in [3.8, 4) is 0 Å². The third-order valence-electron chi connectivity index (χ3n) is 4.90. The van der Waals surface area contributed by atoms with Gasteiger partial charge in [-0.3, -0.25) is 9.69 Å². The molecule has 2 aromatic heterocycles. The van der Waals surface area contributed by atoms with E-state index in [1.165, 1.54) is 5.56 Å². The van der Waals surface area contributed by atoms with Crippen LogP contribution in [0, 0.1) is 25.7 Å². The minimum atomic E-state index is 0.139. The van der Waals surface area contributed by atoms with Crippen LogP contribution in [0.2, 0.25) is 0 Å². The minimum Gasteiger partial charge on any atom is -0.361 e. The van der Waals surface area contributed by atoms with Crippen molar-refractivity contribution in [3.05, 3.63) is 33.8 Å². The van der Waals surface area contributed by atoms with Gasteiger partial charge in [-0.05, 0) is 25.3 Å². The first-order chi connectivity index (χ1) is 10.6. The molecule has 1 amide bonds. The summed E-state index contributed by atoms with van der Waals surface area (Å²) in [6.07, 6.45) is 0. The van der Waals surface area contributed by atoms with Gasteiger partial charge in [0.25, 0.3) is 0 Å². The second kappa shape index (κ2) is 5.21. The minimum absolute atomic E-state index is 0.139. The summed E-state index contributed by atoms with van der Waals surface area (Å²) in [6, 6.07) is 2.03. The van der Waals surface area contributed by atoms with E-state index < -0.39 is 0 Å². The fraction of sp³-hybridized carbons (Fsp3) is 0.500. The van der Waals surface area contributed by atoms with Crippen LogP contribution in [0.4, 0.5) is 5.69 Å². The normalized spacial score (nSPS) is 25.2. The number of carbonyl (C=O) groups is 1.